The molecule has 4 nitrogen and oxygen atoms in total. The first-order valence-electron chi connectivity index (χ1n) is 6.44. The van der Waals surface area contributed by atoms with Gasteiger partial charge in [0, 0.05) is 18.1 Å². The molecule has 0 aliphatic carbocycles. The maximum Gasteiger partial charge on any atom is 0.425 e. The highest BCUT2D eigenvalue weighted by atomic mass is 19.4. The first-order valence-corrected chi connectivity index (χ1v) is 6.44. The van der Waals surface area contributed by atoms with E-state index in [-0.39, 0.29) is 6.61 Å². The quantitative estimate of drug-likeness (QED) is 0.455. The summed E-state index contributed by atoms with van der Waals surface area (Å²) in [4.78, 5) is 7.76. The number of hydrogen-bond donors (Lipinski definition) is 0. The van der Waals surface area contributed by atoms with E-state index in [1.807, 2.05) is 0 Å². The van der Waals surface area contributed by atoms with Gasteiger partial charge in [0.05, 0.1) is 13.7 Å². The van der Waals surface area contributed by atoms with E-state index in [2.05, 4.69) is 16.6 Å². The molecule has 0 N–H and O–H groups in total. The van der Waals surface area contributed by atoms with Gasteiger partial charge in [-0.3, -0.25) is 4.98 Å². The molecule has 0 spiro atoms. The first-order chi connectivity index (χ1) is 10.3. The van der Waals surface area contributed by atoms with E-state index in [0.717, 1.165) is 7.11 Å². The third-order valence-corrected chi connectivity index (χ3v) is 2.66. The highest BCUT2D eigenvalue weighted by Gasteiger charge is 2.40. The highest BCUT2D eigenvalue weighted by molar-refractivity contribution is 5.99. The van der Waals surface area contributed by atoms with Gasteiger partial charge in [0.25, 0.3) is 0 Å². The number of nitrogens with zero attached hydrogens (tertiary/aromatic N) is 2. The lowest BCUT2D eigenvalue weighted by atomic mass is 10.2. The van der Waals surface area contributed by atoms with Crippen LogP contribution in [0.5, 0.6) is 0 Å². The number of aromatic nitrogens is 1. The summed E-state index contributed by atoms with van der Waals surface area (Å²) in [7, 11) is 1.11. The Bertz CT molecular complexity index is 578. The summed E-state index contributed by atoms with van der Waals surface area (Å²) >= 11 is 0. The summed E-state index contributed by atoms with van der Waals surface area (Å²) in [5, 5.41) is 0. The molecular formula is C15H17F3N2O2. The number of hydrogen-bond acceptors (Lipinski definition) is 4. The molecule has 1 aromatic rings. The van der Waals surface area contributed by atoms with Gasteiger partial charge in [-0.25, -0.2) is 4.99 Å². The Hall–Kier alpha value is -2.31. The second kappa shape index (κ2) is 7.63. The third kappa shape index (κ3) is 4.61. The molecule has 120 valence electrons. The predicted octanol–water partition coefficient (Wildman–Crippen LogP) is 3.86. The van der Waals surface area contributed by atoms with Gasteiger partial charge in [0.2, 0.25) is 5.88 Å². The highest BCUT2D eigenvalue weighted by Crippen LogP contribution is 2.34. The fraction of sp³-hybridized carbons (Fsp3) is 0.333. The van der Waals surface area contributed by atoms with Crippen LogP contribution in [0.25, 0.3) is 0 Å². The minimum atomic E-state index is -4.69. The van der Waals surface area contributed by atoms with Crippen LogP contribution < -0.4 is 0 Å². The summed E-state index contributed by atoms with van der Waals surface area (Å²) in [5.74, 6) is -1.13. The van der Waals surface area contributed by atoms with Crippen LogP contribution in [-0.4, -0.2) is 30.6 Å². The predicted molar refractivity (Wildman–Crippen MR) is 77.3 cm³/mol. The number of ether oxygens (including phenoxy) is 2. The fourth-order valence-electron chi connectivity index (χ4n) is 1.66. The second-order valence-electron chi connectivity index (χ2n) is 4.17. The molecule has 1 aromatic heterocycles. The Balaban J connectivity index is 3.36. The van der Waals surface area contributed by atoms with Crippen molar-refractivity contribution >= 4 is 5.71 Å². The largest absolute Gasteiger partial charge is 0.494 e. The monoisotopic (exact) mass is 314 g/mol. The summed E-state index contributed by atoms with van der Waals surface area (Å²) in [6.45, 7) is 6.50. The van der Waals surface area contributed by atoms with Crippen LogP contribution >= 0.6 is 0 Å². The van der Waals surface area contributed by atoms with Crippen molar-refractivity contribution in [1.82, 2.24) is 4.98 Å². The summed E-state index contributed by atoms with van der Waals surface area (Å²) < 4.78 is 49.4. The van der Waals surface area contributed by atoms with Gasteiger partial charge in [0.15, 0.2) is 5.57 Å². The van der Waals surface area contributed by atoms with Crippen LogP contribution in [0.4, 0.5) is 13.2 Å². The zero-order chi connectivity index (χ0) is 16.8. The van der Waals surface area contributed by atoms with Crippen molar-refractivity contribution < 1.29 is 22.6 Å². The first kappa shape index (κ1) is 17.7. The summed E-state index contributed by atoms with van der Waals surface area (Å²) in [6.07, 6.45) is -1.65. The van der Waals surface area contributed by atoms with Gasteiger partial charge < -0.3 is 9.47 Å². The van der Waals surface area contributed by atoms with E-state index in [1.165, 1.54) is 12.4 Å². The van der Waals surface area contributed by atoms with Crippen LogP contribution in [0.1, 0.15) is 19.4 Å². The van der Waals surface area contributed by atoms with Crippen LogP contribution in [0.15, 0.2) is 53.3 Å². The van der Waals surface area contributed by atoms with Crippen LogP contribution in [0.3, 0.4) is 0 Å². The maximum atomic E-state index is 13.2. The van der Waals surface area contributed by atoms with Crippen molar-refractivity contribution in [2.24, 2.45) is 4.99 Å². The van der Waals surface area contributed by atoms with Crippen molar-refractivity contribution in [3.63, 3.8) is 0 Å². The summed E-state index contributed by atoms with van der Waals surface area (Å²) in [5.41, 5.74) is -0.149. The van der Waals surface area contributed by atoms with E-state index >= 15 is 0 Å². The molecule has 22 heavy (non-hydrogen) atoms. The van der Waals surface area contributed by atoms with E-state index in [1.54, 1.807) is 26.0 Å². The molecule has 0 unspecified atom stereocenters. The molecular weight excluding hydrogens is 297 g/mol. The Morgan fingerprint density at radius 1 is 1.32 bits per heavy atom. The number of halogens is 3. The number of rotatable bonds is 6. The average Bonchev–Trinajstić information content (AvgIpc) is 2.46. The topological polar surface area (TPSA) is 43.7 Å². The van der Waals surface area contributed by atoms with Crippen LogP contribution in [0.2, 0.25) is 0 Å². The van der Waals surface area contributed by atoms with E-state index < -0.39 is 23.4 Å². The molecule has 0 aromatic carbocycles. The number of pyridine rings is 1. The molecule has 0 saturated carbocycles. The molecule has 1 rings (SSSR count). The third-order valence-electron chi connectivity index (χ3n) is 2.66. The molecule has 0 amide bonds. The fourth-order valence-corrected chi connectivity index (χ4v) is 1.66. The Morgan fingerprint density at radius 3 is 2.36 bits per heavy atom. The van der Waals surface area contributed by atoms with Gasteiger partial charge >= 0.3 is 6.18 Å². The molecule has 1 heterocycles. The molecule has 0 saturated heterocycles. The lowest BCUT2D eigenvalue weighted by Gasteiger charge is -2.17. The zero-order valence-electron chi connectivity index (χ0n) is 12.6. The van der Waals surface area contributed by atoms with Gasteiger partial charge in [-0.15, -0.1) is 0 Å². The standard InChI is InChI=1S/C15H17F3N2O2/c1-5-22-11(3)13(15(16,17)18)14(21-4)20-10(2)12-6-8-19-9-7-12/h6-9H,3,5H2,1-2,4H3/b14-13-,20-10?. The molecule has 0 radical (unpaired) electrons. The van der Waals surface area contributed by atoms with Crippen LogP contribution in [0, 0.1) is 0 Å². The Morgan fingerprint density at radius 2 is 1.91 bits per heavy atom. The average molecular weight is 314 g/mol. The van der Waals surface area contributed by atoms with Gasteiger partial charge in [-0.1, -0.05) is 6.58 Å². The van der Waals surface area contributed by atoms with Crippen molar-refractivity contribution in [2.75, 3.05) is 13.7 Å². The number of aliphatic imine (C=N–C) groups is 1. The van der Waals surface area contributed by atoms with Crippen molar-refractivity contribution in [3.05, 3.63) is 53.9 Å². The maximum absolute atomic E-state index is 13.2. The SMILES string of the molecule is C=C(OCC)/C(=C(\N=C(C)c1ccncc1)OC)C(F)(F)F. The van der Waals surface area contributed by atoms with Gasteiger partial charge in [-0.05, 0) is 31.5 Å². The summed E-state index contributed by atoms with van der Waals surface area (Å²) in [6, 6.07) is 3.27. The van der Waals surface area contributed by atoms with Crippen LogP contribution in [-0.2, 0) is 9.47 Å². The van der Waals surface area contributed by atoms with E-state index in [0.29, 0.717) is 11.3 Å². The number of allylic oxidation sites excluding steroid dienone is 1. The lowest BCUT2D eigenvalue weighted by molar-refractivity contribution is -0.0970. The van der Waals surface area contributed by atoms with Gasteiger partial charge in [0.1, 0.15) is 5.76 Å². The number of methoxy groups -OCH3 is 1. The molecule has 0 aliphatic rings. The lowest BCUT2D eigenvalue weighted by Crippen LogP contribution is -2.18. The van der Waals surface area contributed by atoms with E-state index in [4.69, 9.17) is 9.47 Å². The molecule has 0 atom stereocenters. The Kier molecular flexibility index (Phi) is 6.15. The smallest absolute Gasteiger partial charge is 0.425 e. The molecule has 0 fully saturated rings. The Labute approximate surface area is 127 Å². The molecule has 0 bridgehead atoms. The minimum absolute atomic E-state index is 0.0580. The normalized spacial score (nSPS) is 13.5. The van der Waals surface area contributed by atoms with Crippen molar-refractivity contribution in [2.45, 2.75) is 20.0 Å². The van der Waals surface area contributed by atoms with Crippen molar-refractivity contribution in [3.8, 4) is 0 Å². The second-order valence-corrected chi connectivity index (χ2v) is 4.17. The minimum Gasteiger partial charge on any atom is -0.494 e. The zero-order valence-corrected chi connectivity index (χ0v) is 12.6. The van der Waals surface area contributed by atoms with E-state index in [9.17, 15) is 13.2 Å². The number of alkyl halides is 3. The van der Waals surface area contributed by atoms with Gasteiger partial charge in [-0.2, -0.15) is 13.2 Å². The molecule has 0 aliphatic heterocycles. The van der Waals surface area contributed by atoms with Crippen molar-refractivity contribution in [1.29, 1.82) is 0 Å². The molecule has 7 heteroatoms.